The lowest BCUT2D eigenvalue weighted by molar-refractivity contribution is 0.397. The van der Waals surface area contributed by atoms with Crippen LogP contribution in [0.15, 0.2) is 23.2 Å². The number of hydrogen-bond donors (Lipinski definition) is 2. The van der Waals surface area contributed by atoms with E-state index in [1.807, 2.05) is 12.1 Å². The Balaban J connectivity index is 0.00000288. The van der Waals surface area contributed by atoms with Gasteiger partial charge in [-0.3, -0.25) is 4.99 Å². The van der Waals surface area contributed by atoms with Gasteiger partial charge in [0.05, 0.1) is 6.04 Å². The summed E-state index contributed by atoms with van der Waals surface area (Å²) in [6, 6.07) is 5.65. The van der Waals surface area contributed by atoms with Gasteiger partial charge in [-0.1, -0.05) is 29.3 Å². The fourth-order valence-electron chi connectivity index (χ4n) is 2.85. The molecule has 4 nitrogen and oxygen atoms in total. The Labute approximate surface area is 172 Å². The van der Waals surface area contributed by atoms with Gasteiger partial charge in [-0.15, -0.1) is 24.0 Å². The third-order valence-electron chi connectivity index (χ3n) is 4.12. The summed E-state index contributed by atoms with van der Waals surface area (Å²) in [4.78, 5) is 7.10. The number of guanidine groups is 1. The van der Waals surface area contributed by atoms with Gasteiger partial charge in [0.25, 0.3) is 0 Å². The summed E-state index contributed by atoms with van der Waals surface area (Å²) in [6.07, 6.45) is 1.22. The second kappa shape index (κ2) is 10.7. The highest BCUT2D eigenvalue weighted by Gasteiger charge is 2.19. The van der Waals surface area contributed by atoms with Gasteiger partial charge in [-0.2, -0.15) is 0 Å². The molecule has 0 aliphatic carbocycles. The molecule has 1 aromatic rings. The molecule has 0 radical (unpaired) electrons. The van der Waals surface area contributed by atoms with Crippen LogP contribution in [-0.2, 0) is 0 Å². The monoisotopic (exact) mass is 484 g/mol. The summed E-state index contributed by atoms with van der Waals surface area (Å²) in [5.41, 5.74) is 1.02. The molecular weight excluding hydrogens is 458 g/mol. The first-order valence-electron chi connectivity index (χ1n) is 8.18. The number of halogens is 3. The quantitative estimate of drug-likeness (QED) is 0.374. The smallest absolute Gasteiger partial charge is 0.191 e. The first kappa shape index (κ1) is 21.8. The molecule has 0 aromatic heterocycles. The molecule has 1 aromatic carbocycles. The zero-order valence-corrected chi connectivity index (χ0v) is 18.3. The van der Waals surface area contributed by atoms with E-state index in [1.165, 1.54) is 13.0 Å². The minimum Gasteiger partial charge on any atom is -0.357 e. The molecule has 2 unspecified atom stereocenters. The molecule has 2 atom stereocenters. The van der Waals surface area contributed by atoms with Crippen LogP contribution in [0, 0.1) is 5.92 Å². The zero-order valence-electron chi connectivity index (χ0n) is 14.5. The van der Waals surface area contributed by atoms with Crippen LogP contribution in [0.5, 0.6) is 0 Å². The standard InChI is InChI=1S/C17H26Cl2N4.HI/c1-4-20-17(21-10-13-7-8-23(3)11-13)22-12(2)15-6-5-14(18)9-16(15)19;/h5-6,9,12-13H,4,7-8,10-11H2,1-3H3,(H2,20,21,22);1H. The van der Waals surface area contributed by atoms with Crippen LogP contribution in [0.2, 0.25) is 10.0 Å². The highest BCUT2D eigenvalue weighted by Crippen LogP contribution is 2.26. The molecule has 0 saturated carbocycles. The number of rotatable bonds is 5. The van der Waals surface area contributed by atoms with Crippen molar-refractivity contribution in [3.63, 3.8) is 0 Å². The van der Waals surface area contributed by atoms with E-state index in [9.17, 15) is 0 Å². The molecule has 1 heterocycles. The van der Waals surface area contributed by atoms with Crippen molar-refractivity contribution in [1.82, 2.24) is 15.5 Å². The Morgan fingerprint density at radius 1 is 1.42 bits per heavy atom. The van der Waals surface area contributed by atoms with Crippen LogP contribution >= 0.6 is 47.2 Å². The van der Waals surface area contributed by atoms with E-state index >= 15 is 0 Å². The number of nitrogens with one attached hydrogen (secondary N) is 2. The van der Waals surface area contributed by atoms with Crippen molar-refractivity contribution in [3.05, 3.63) is 33.8 Å². The molecular formula is C17H27Cl2IN4. The summed E-state index contributed by atoms with van der Waals surface area (Å²) >= 11 is 12.3. The Bertz CT molecular complexity index is 553. The molecule has 1 aliphatic heterocycles. The fourth-order valence-corrected chi connectivity index (χ4v) is 3.42. The van der Waals surface area contributed by atoms with E-state index in [2.05, 4.69) is 36.4 Å². The Hall–Kier alpha value is -0.240. The molecule has 0 bridgehead atoms. The van der Waals surface area contributed by atoms with Crippen LogP contribution in [0.25, 0.3) is 0 Å². The van der Waals surface area contributed by atoms with E-state index in [-0.39, 0.29) is 30.0 Å². The van der Waals surface area contributed by atoms with Crippen LogP contribution < -0.4 is 10.6 Å². The topological polar surface area (TPSA) is 39.7 Å². The number of aliphatic imine (C=N–C) groups is 1. The minimum atomic E-state index is 0. The van der Waals surface area contributed by atoms with Gasteiger partial charge < -0.3 is 15.5 Å². The molecule has 2 N–H and O–H groups in total. The molecule has 1 saturated heterocycles. The third-order valence-corrected chi connectivity index (χ3v) is 4.69. The second-order valence-corrected chi connectivity index (χ2v) is 7.01. The van der Waals surface area contributed by atoms with Crippen LogP contribution in [0.3, 0.4) is 0 Å². The van der Waals surface area contributed by atoms with Gasteiger partial charge in [0, 0.05) is 29.7 Å². The predicted molar refractivity (Wildman–Crippen MR) is 115 cm³/mol. The maximum Gasteiger partial charge on any atom is 0.191 e. The van der Waals surface area contributed by atoms with Gasteiger partial charge in [0.2, 0.25) is 0 Å². The van der Waals surface area contributed by atoms with Gasteiger partial charge in [0.15, 0.2) is 5.96 Å². The van der Waals surface area contributed by atoms with E-state index < -0.39 is 0 Å². The average molecular weight is 485 g/mol. The van der Waals surface area contributed by atoms with E-state index in [0.717, 1.165) is 31.2 Å². The van der Waals surface area contributed by atoms with Crippen molar-refractivity contribution < 1.29 is 0 Å². The van der Waals surface area contributed by atoms with Crippen molar-refractivity contribution in [1.29, 1.82) is 0 Å². The highest BCUT2D eigenvalue weighted by atomic mass is 127. The van der Waals surface area contributed by atoms with E-state index in [4.69, 9.17) is 28.2 Å². The third kappa shape index (κ3) is 6.58. The number of nitrogens with zero attached hydrogens (tertiary/aromatic N) is 2. The highest BCUT2D eigenvalue weighted by molar-refractivity contribution is 14.0. The Morgan fingerprint density at radius 3 is 2.75 bits per heavy atom. The Morgan fingerprint density at radius 2 is 2.17 bits per heavy atom. The summed E-state index contributed by atoms with van der Waals surface area (Å²) < 4.78 is 0. The largest absolute Gasteiger partial charge is 0.357 e. The summed E-state index contributed by atoms with van der Waals surface area (Å²) in [5.74, 6) is 1.48. The summed E-state index contributed by atoms with van der Waals surface area (Å²) in [6.45, 7) is 8.12. The number of likely N-dealkylation sites (tertiary alicyclic amines) is 1. The van der Waals surface area contributed by atoms with E-state index in [0.29, 0.717) is 16.0 Å². The second-order valence-electron chi connectivity index (χ2n) is 6.17. The maximum atomic E-state index is 6.29. The minimum absolute atomic E-state index is 0. The lowest BCUT2D eigenvalue weighted by Gasteiger charge is -2.20. The summed E-state index contributed by atoms with van der Waals surface area (Å²) in [7, 11) is 2.16. The van der Waals surface area contributed by atoms with Gasteiger partial charge >= 0.3 is 0 Å². The molecule has 1 fully saturated rings. The molecule has 136 valence electrons. The molecule has 2 rings (SSSR count). The van der Waals surface area contributed by atoms with Crippen LogP contribution in [-0.4, -0.2) is 44.1 Å². The Kier molecular flexibility index (Phi) is 9.71. The van der Waals surface area contributed by atoms with Crippen LogP contribution in [0.1, 0.15) is 31.9 Å². The van der Waals surface area contributed by atoms with Crippen LogP contribution in [0.4, 0.5) is 0 Å². The SMILES string of the molecule is CCNC(=NCC1CCN(C)C1)NC(C)c1ccc(Cl)cc1Cl.I. The average Bonchev–Trinajstić information content (AvgIpc) is 2.90. The van der Waals surface area contributed by atoms with Crippen molar-refractivity contribution in [2.45, 2.75) is 26.3 Å². The molecule has 7 heteroatoms. The first-order valence-corrected chi connectivity index (χ1v) is 8.93. The fraction of sp³-hybridized carbons (Fsp3) is 0.588. The van der Waals surface area contributed by atoms with Crippen molar-refractivity contribution in [3.8, 4) is 0 Å². The van der Waals surface area contributed by atoms with Crippen molar-refractivity contribution in [2.75, 3.05) is 33.2 Å². The van der Waals surface area contributed by atoms with Crippen molar-refractivity contribution >= 4 is 53.1 Å². The molecule has 24 heavy (non-hydrogen) atoms. The zero-order chi connectivity index (χ0) is 16.8. The lowest BCUT2D eigenvalue weighted by Crippen LogP contribution is -2.39. The van der Waals surface area contributed by atoms with E-state index in [1.54, 1.807) is 6.07 Å². The summed E-state index contributed by atoms with van der Waals surface area (Å²) in [5, 5.41) is 8.05. The van der Waals surface area contributed by atoms with Gasteiger partial charge in [0.1, 0.15) is 0 Å². The molecule has 1 aliphatic rings. The van der Waals surface area contributed by atoms with Gasteiger partial charge in [-0.05, 0) is 57.5 Å². The maximum absolute atomic E-state index is 6.29. The molecule has 0 amide bonds. The van der Waals surface area contributed by atoms with Crippen molar-refractivity contribution in [2.24, 2.45) is 10.9 Å². The predicted octanol–water partition coefficient (Wildman–Crippen LogP) is 4.18. The normalized spacial score (nSPS) is 19.7. The number of benzene rings is 1. The number of hydrogen-bond acceptors (Lipinski definition) is 2. The van der Waals surface area contributed by atoms with Gasteiger partial charge in [-0.25, -0.2) is 0 Å². The first-order chi connectivity index (χ1) is 11.0. The molecule has 0 spiro atoms. The lowest BCUT2D eigenvalue weighted by atomic mass is 10.1.